The summed E-state index contributed by atoms with van der Waals surface area (Å²) >= 11 is 0. The number of nitrogens with one attached hydrogen (secondary N) is 1. The molecule has 1 heterocycles. The molecule has 1 unspecified atom stereocenters. The maximum Gasteiger partial charge on any atom is 0.233 e. The van der Waals surface area contributed by atoms with E-state index in [1.807, 2.05) is 6.92 Å². The average molecular weight is 263 g/mol. The van der Waals surface area contributed by atoms with E-state index in [0.717, 1.165) is 18.5 Å². The highest BCUT2D eigenvalue weighted by Gasteiger charge is 2.15. The molecule has 0 saturated carbocycles. The predicted molar refractivity (Wildman–Crippen MR) is 70.2 cm³/mol. The van der Waals surface area contributed by atoms with E-state index in [0.29, 0.717) is 18.2 Å². The molecule has 0 bridgehead atoms. The number of rotatable bonds is 6. The summed E-state index contributed by atoms with van der Waals surface area (Å²) in [5.74, 6) is 0.924. The van der Waals surface area contributed by atoms with Crippen molar-refractivity contribution in [3.05, 3.63) is 47.4 Å². The van der Waals surface area contributed by atoms with Gasteiger partial charge in [0.05, 0.1) is 12.5 Å². The minimum Gasteiger partial charge on any atom is -0.423 e. The van der Waals surface area contributed by atoms with Gasteiger partial charge in [0.1, 0.15) is 5.82 Å². The standard InChI is InChI=1S/C14H18FN3O/c1-3-12(16-4-2)14-18-17-13(19-14)9-10-5-7-11(15)8-6-10/h5-8,12,16H,3-4,9H2,1-2H3. The van der Waals surface area contributed by atoms with Crippen LogP contribution in [0.2, 0.25) is 0 Å². The normalized spacial score (nSPS) is 12.6. The van der Waals surface area contributed by atoms with Crippen LogP contribution in [-0.2, 0) is 6.42 Å². The Balaban J connectivity index is 2.06. The Bertz CT molecular complexity index is 510. The number of benzene rings is 1. The molecule has 2 rings (SSSR count). The molecule has 5 heteroatoms. The third-order valence-corrected chi connectivity index (χ3v) is 2.91. The summed E-state index contributed by atoms with van der Waals surface area (Å²) in [4.78, 5) is 0. The Morgan fingerprint density at radius 2 is 1.95 bits per heavy atom. The molecule has 0 radical (unpaired) electrons. The van der Waals surface area contributed by atoms with Crippen LogP contribution in [0.15, 0.2) is 28.7 Å². The summed E-state index contributed by atoms with van der Waals surface area (Å²) in [5, 5.41) is 11.4. The number of hydrogen-bond acceptors (Lipinski definition) is 4. The van der Waals surface area contributed by atoms with Crippen LogP contribution in [0.25, 0.3) is 0 Å². The summed E-state index contributed by atoms with van der Waals surface area (Å²) < 4.78 is 18.5. The number of hydrogen-bond donors (Lipinski definition) is 1. The second-order valence-corrected chi connectivity index (χ2v) is 4.36. The molecule has 0 aliphatic rings. The van der Waals surface area contributed by atoms with Gasteiger partial charge in [0.2, 0.25) is 11.8 Å². The van der Waals surface area contributed by atoms with E-state index < -0.39 is 0 Å². The topological polar surface area (TPSA) is 51.0 Å². The van der Waals surface area contributed by atoms with Crippen molar-refractivity contribution < 1.29 is 8.81 Å². The van der Waals surface area contributed by atoms with Gasteiger partial charge in [0.15, 0.2) is 0 Å². The minimum absolute atomic E-state index is 0.0967. The van der Waals surface area contributed by atoms with E-state index in [1.165, 1.54) is 12.1 Å². The first-order valence-electron chi connectivity index (χ1n) is 6.53. The van der Waals surface area contributed by atoms with Gasteiger partial charge in [-0.15, -0.1) is 10.2 Å². The lowest BCUT2D eigenvalue weighted by Gasteiger charge is -2.10. The molecule has 2 aromatic rings. The Kier molecular flexibility index (Phi) is 4.63. The summed E-state index contributed by atoms with van der Waals surface area (Å²) in [7, 11) is 0. The lowest BCUT2D eigenvalue weighted by molar-refractivity contribution is 0.380. The van der Waals surface area contributed by atoms with Crippen molar-refractivity contribution in [1.82, 2.24) is 15.5 Å². The zero-order chi connectivity index (χ0) is 13.7. The van der Waals surface area contributed by atoms with Crippen molar-refractivity contribution >= 4 is 0 Å². The molecule has 0 spiro atoms. The molecule has 0 saturated heterocycles. The van der Waals surface area contributed by atoms with E-state index >= 15 is 0 Å². The van der Waals surface area contributed by atoms with Gasteiger partial charge in [0, 0.05) is 0 Å². The molecule has 1 N–H and O–H groups in total. The predicted octanol–water partition coefficient (Wildman–Crippen LogP) is 2.86. The van der Waals surface area contributed by atoms with Gasteiger partial charge in [-0.1, -0.05) is 26.0 Å². The third kappa shape index (κ3) is 3.61. The van der Waals surface area contributed by atoms with Crippen molar-refractivity contribution in [3.63, 3.8) is 0 Å². The minimum atomic E-state index is -0.242. The highest BCUT2D eigenvalue weighted by Crippen LogP contribution is 2.16. The van der Waals surface area contributed by atoms with Crippen molar-refractivity contribution in [3.8, 4) is 0 Å². The first-order chi connectivity index (χ1) is 9.22. The Hall–Kier alpha value is -1.75. The maximum atomic E-state index is 12.8. The van der Waals surface area contributed by atoms with Gasteiger partial charge in [-0.05, 0) is 30.7 Å². The van der Waals surface area contributed by atoms with Crippen molar-refractivity contribution in [2.45, 2.75) is 32.7 Å². The van der Waals surface area contributed by atoms with Gasteiger partial charge in [-0.2, -0.15) is 0 Å². The van der Waals surface area contributed by atoms with Crippen LogP contribution < -0.4 is 5.32 Å². The number of halogens is 1. The maximum absolute atomic E-state index is 12.8. The molecule has 19 heavy (non-hydrogen) atoms. The van der Waals surface area contributed by atoms with Crippen LogP contribution in [0.1, 0.15) is 43.7 Å². The molecular formula is C14H18FN3O. The molecule has 0 fully saturated rings. The molecule has 1 atom stereocenters. The molecule has 0 amide bonds. The molecule has 0 aliphatic heterocycles. The average Bonchev–Trinajstić information content (AvgIpc) is 2.87. The van der Waals surface area contributed by atoms with Crippen LogP contribution in [0.3, 0.4) is 0 Å². The van der Waals surface area contributed by atoms with Gasteiger partial charge < -0.3 is 9.73 Å². The summed E-state index contributed by atoms with van der Waals surface area (Å²) in [6.07, 6.45) is 1.42. The molecular weight excluding hydrogens is 245 g/mol. The van der Waals surface area contributed by atoms with E-state index in [4.69, 9.17) is 4.42 Å². The number of nitrogens with zero attached hydrogens (tertiary/aromatic N) is 2. The summed E-state index contributed by atoms with van der Waals surface area (Å²) in [5.41, 5.74) is 0.952. The van der Waals surface area contributed by atoms with Crippen LogP contribution >= 0.6 is 0 Å². The van der Waals surface area contributed by atoms with E-state index in [1.54, 1.807) is 12.1 Å². The van der Waals surface area contributed by atoms with Crippen LogP contribution in [-0.4, -0.2) is 16.7 Å². The van der Waals surface area contributed by atoms with Crippen LogP contribution in [0.5, 0.6) is 0 Å². The SMILES string of the molecule is CCNC(CC)c1nnc(Cc2ccc(F)cc2)o1. The molecule has 1 aromatic heterocycles. The van der Waals surface area contributed by atoms with E-state index in [2.05, 4.69) is 22.4 Å². The highest BCUT2D eigenvalue weighted by molar-refractivity contribution is 5.18. The zero-order valence-electron chi connectivity index (χ0n) is 11.2. The Labute approximate surface area is 112 Å². The largest absolute Gasteiger partial charge is 0.423 e. The second kappa shape index (κ2) is 6.43. The van der Waals surface area contributed by atoms with Gasteiger partial charge in [-0.3, -0.25) is 0 Å². The molecule has 0 aliphatic carbocycles. The monoisotopic (exact) mass is 263 g/mol. The lowest BCUT2D eigenvalue weighted by Crippen LogP contribution is -2.20. The fourth-order valence-electron chi connectivity index (χ4n) is 1.91. The van der Waals surface area contributed by atoms with Crippen LogP contribution in [0, 0.1) is 5.82 Å². The van der Waals surface area contributed by atoms with Crippen molar-refractivity contribution in [2.75, 3.05) is 6.54 Å². The smallest absolute Gasteiger partial charge is 0.233 e. The summed E-state index contributed by atoms with van der Waals surface area (Å²) in [6, 6.07) is 6.40. The molecule has 102 valence electrons. The molecule has 4 nitrogen and oxygen atoms in total. The molecule has 1 aromatic carbocycles. The summed E-state index contributed by atoms with van der Waals surface area (Å²) in [6.45, 7) is 4.96. The van der Waals surface area contributed by atoms with E-state index in [-0.39, 0.29) is 11.9 Å². The van der Waals surface area contributed by atoms with Gasteiger partial charge in [-0.25, -0.2) is 4.39 Å². The quantitative estimate of drug-likeness (QED) is 0.870. The van der Waals surface area contributed by atoms with Crippen molar-refractivity contribution in [1.29, 1.82) is 0 Å². The van der Waals surface area contributed by atoms with Crippen LogP contribution in [0.4, 0.5) is 4.39 Å². The number of aromatic nitrogens is 2. The van der Waals surface area contributed by atoms with Gasteiger partial charge >= 0.3 is 0 Å². The van der Waals surface area contributed by atoms with E-state index in [9.17, 15) is 4.39 Å². The lowest BCUT2D eigenvalue weighted by atomic mass is 10.1. The highest BCUT2D eigenvalue weighted by atomic mass is 19.1. The Morgan fingerprint density at radius 3 is 2.58 bits per heavy atom. The fourth-order valence-corrected chi connectivity index (χ4v) is 1.91. The second-order valence-electron chi connectivity index (χ2n) is 4.36. The van der Waals surface area contributed by atoms with Crippen molar-refractivity contribution in [2.24, 2.45) is 0 Å². The Morgan fingerprint density at radius 1 is 1.21 bits per heavy atom. The zero-order valence-corrected chi connectivity index (χ0v) is 11.2. The van der Waals surface area contributed by atoms with Gasteiger partial charge in [0.25, 0.3) is 0 Å². The fraction of sp³-hybridized carbons (Fsp3) is 0.429. The first-order valence-corrected chi connectivity index (χ1v) is 6.53. The first kappa shape index (κ1) is 13.7. The third-order valence-electron chi connectivity index (χ3n) is 2.91.